The SMILES string of the molecule is CCCN(CCc1cccc(F)c1)C(=O)c1ccc(C(=O)O)o1. The lowest BCUT2D eigenvalue weighted by Crippen LogP contribution is -2.33. The van der Waals surface area contributed by atoms with Crippen molar-refractivity contribution in [1.82, 2.24) is 4.90 Å². The van der Waals surface area contributed by atoms with E-state index in [4.69, 9.17) is 9.52 Å². The molecule has 1 N–H and O–H groups in total. The number of hydrogen-bond donors (Lipinski definition) is 1. The molecule has 1 aromatic carbocycles. The molecule has 2 aromatic rings. The first-order valence-corrected chi connectivity index (χ1v) is 7.38. The van der Waals surface area contributed by atoms with Crippen LogP contribution in [0.25, 0.3) is 0 Å². The zero-order chi connectivity index (χ0) is 16.8. The second kappa shape index (κ2) is 7.58. The Hall–Kier alpha value is -2.63. The van der Waals surface area contributed by atoms with Crippen LogP contribution in [-0.4, -0.2) is 35.0 Å². The van der Waals surface area contributed by atoms with Crippen molar-refractivity contribution in [3.05, 3.63) is 59.3 Å². The van der Waals surface area contributed by atoms with Gasteiger partial charge in [-0.05, 0) is 42.7 Å². The van der Waals surface area contributed by atoms with E-state index >= 15 is 0 Å². The molecule has 1 aromatic heterocycles. The molecule has 0 bridgehead atoms. The zero-order valence-corrected chi connectivity index (χ0v) is 12.8. The molecular formula is C17H18FNO4. The highest BCUT2D eigenvalue weighted by atomic mass is 19.1. The minimum Gasteiger partial charge on any atom is -0.475 e. The number of rotatable bonds is 7. The van der Waals surface area contributed by atoms with Gasteiger partial charge in [0.2, 0.25) is 5.76 Å². The van der Waals surface area contributed by atoms with Gasteiger partial charge in [0.25, 0.3) is 5.91 Å². The lowest BCUT2D eigenvalue weighted by molar-refractivity contribution is 0.0649. The van der Waals surface area contributed by atoms with Gasteiger partial charge in [-0.15, -0.1) is 0 Å². The van der Waals surface area contributed by atoms with Crippen LogP contribution in [0.5, 0.6) is 0 Å². The van der Waals surface area contributed by atoms with Crippen molar-refractivity contribution in [3.63, 3.8) is 0 Å². The Morgan fingerprint density at radius 3 is 2.52 bits per heavy atom. The maximum absolute atomic E-state index is 13.2. The molecule has 0 atom stereocenters. The number of aromatic carboxylic acids is 1. The molecule has 0 aliphatic carbocycles. The number of furan rings is 1. The number of hydrogen-bond acceptors (Lipinski definition) is 3. The Labute approximate surface area is 133 Å². The number of carbonyl (C=O) groups is 2. The minimum absolute atomic E-state index is 0.00454. The van der Waals surface area contributed by atoms with Gasteiger partial charge < -0.3 is 14.4 Å². The number of amides is 1. The van der Waals surface area contributed by atoms with Crippen LogP contribution in [-0.2, 0) is 6.42 Å². The third kappa shape index (κ3) is 4.42. The largest absolute Gasteiger partial charge is 0.475 e. The van der Waals surface area contributed by atoms with Crippen molar-refractivity contribution >= 4 is 11.9 Å². The predicted octanol–water partition coefficient (Wildman–Crippen LogP) is 3.21. The van der Waals surface area contributed by atoms with E-state index in [2.05, 4.69) is 0 Å². The van der Waals surface area contributed by atoms with E-state index in [1.54, 1.807) is 17.0 Å². The number of benzene rings is 1. The average molecular weight is 319 g/mol. The summed E-state index contributed by atoms with van der Waals surface area (Å²) in [5, 5.41) is 8.85. The van der Waals surface area contributed by atoms with E-state index in [1.165, 1.54) is 24.3 Å². The van der Waals surface area contributed by atoms with E-state index in [9.17, 15) is 14.0 Å². The summed E-state index contributed by atoms with van der Waals surface area (Å²) < 4.78 is 18.2. The zero-order valence-electron chi connectivity index (χ0n) is 12.8. The van der Waals surface area contributed by atoms with E-state index in [0.29, 0.717) is 19.5 Å². The summed E-state index contributed by atoms with van der Waals surface area (Å²) in [5.74, 6) is -2.17. The van der Waals surface area contributed by atoms with Crippen molar-refractivity contribution < 1.29 is 23.5 Å². The summed E-state index contributed by atoms with van der Waals surface area (Å²) in [6.07, 6.45) is 1.26. The number of carbonyl (C=O) groups excluding carboxylic acids is 1. The Morgan fingerprint density at radius 1 is 1.17 bits per heavy atom. The Balaban J connectivity index is 2.07. The smallest absolute Gasteiger partial charge is 0.371 e. The van der Waals surface area contributed by atoms with Crippen molar-refractivity contribution in [2.75, 3.05) is 13.1 Å². The molecule has 1 heterocycles. The molecule has 6 heteroatoms. The van der Waals surface area contributed by atoms with Gasteiger partial charge in [0, 0.05) is 13.1 Å². The highest BCUT2D eigenvalue weighted by molar-refractivity contribution is 5.93. The fraction of sp³-hybridized carbons (Fsp3) is 0.294. The van der Waals surface area contributed by atoms with E-state index < -0.39 is 5.97 Å². The van der Waals surface area contributed by atoms with Crippen molar-refractivity contribution in [3.8, 4) is 0 Å². The number of carboxylic acids is 1. The molecule has 0 saturated heterocycles. The highest BCUT2D eigenvalue weighted by Gasteiger charge is 2.20. The lowest BCUT2D eigenvalue weighted by Gasteiger charge is -2.21. The molecule has 2 rings (SSSR count). The first kappa shape index (κ1) is 16.7. The van der Waals surface area contributed by atoms with Crippen LogP contribution in [0.2, 0.25) is 0 Å². The van der Waals surface area contributed by atoms with Crippen LogP contribution in [0, 0.1) is 5.82 Å². The third-order valence-electron chi connectivity index (χ3n) is 3.37. The van der Waals surface area contributed by atoms with Gasteiger partial charge >= 0.3 is 5.97 Å². The average Bonchev–Trinajstić information content (AvgIpc) is 3.01. The van der Waals surface area contributed by atoms with E-state index in [0.717, 1.165) is 12.0 Å². The van der Waals surface area contributed by atoms with Crippen LogP contribution in [0.4, 0.5) is 4.39 Å². The molecule has 0 aliphatic heterocycles. The van der Waals surface area contributed by atoms with Gasteiger partial charge in [0.05, 0.1) is 0 Å². The third-order valence-corrected chi connectivity index (χ3v) is 3.37. The number of carboxylic acid groups (broad SMARTS) is 1. The topological polar surface area (TPSA) is 70.8 Å². The van der Waals surface area contributed by atoms with E-state index in [-0.39, 0.29) is 23.2 Å². The molecule has 1 amide bonds. The second-order valence-electron chi connectivity index (χ2n) is 5.14. The maximum Gasteiger partial charge on any atom is 0.371 e. The van der Waals surface area contributed by atoms with Crippen LogP contribution in [0.15, 0.2) is 40.8 Å². The Bertz CT molecular complexity index is 695. The van der Waals surface area contributed by atoms with Crippen LogP contribution >= 0.6 is 0 Å². The summed E-state index contributed by atoms with van der Waals surface area (Å²) in [7, 11) is 0. The van der Waals surface area contributed by atoms with Crippen molar-refractivity contribution in [2.45, 2.75) is 19.8 Å². The van der Waals surface area contributed by atoms with Crippen molar-refractivity contribution in [2.24, 2.45) is 0 Å². The second-order valence-corrected chi connectivity index (χ2v) is 5.14. The molecule has 23 heavy (non-hydrogen) atoms. The molecule has 0 fully saturated rings. The first-order chi connectivity index (χ1) is 11.0. The normalized spacial score (nSPS) is 10.5. The van der Waals surface area contributed by atoms with Crippen LogP contribution in [0.3, 0.4) is 0 Å². The lowest BCUT2D eigenvalue weighted by atomic mass is 10.1. The van der Waals surface area contributed by atoms with Crippen LogP contribution in [0.1, 0.15) is 40.0 Å². The van der Waals surface area contributed by atoms with Gasteiger partial charge in [0.1, 0.15) is 5.82 Å². The summed E-state index contributed by atoms with van der Waals surface area (Å²) in [6.45, 7) is 2.85. The quantitative estimate of drug-likeness (QED) is 0.850. The Kier molecular flexibility index (Phi) is 5.51. The van der Waals surface area contributed by atoms with E-state index in [1.807, 2.05) is 6.92 Å². The van der Waals surface area contributed by atoms with Crippen LogP contribution < -0.4 is 0 Å². The molecule has 5 nitrogen and oxygen atoms in total. The van der Waals surface area contributed by atoms with Gasteiger partial charge in [-0.25, -0.2) is 9.18 Å². The predicted molar refractivity (Wildman–Crippen MR) is 82.0 cm³/mol. The number of nitrogens with zero attached hydrogens (tertiary/aromatic N) is 1. The standard InChI is InChI=1S/C17H18FNO4/c1-2-9-19(10-8-12-4-3-5-13(18)11-12)16(20)14-6-7-15(23-14)17(21)22/h3-7,11H,2,8-10H2,1H3,(H,21,22). The monoisotopic (exact) mass is 319 g/mol. The molecule has 0 spiro atoms. The fourth-order valence-electron chi connectivity index (χ4n) is 2.26. The molecule has 0 saturated carbocycles. The fourth-order valence-corrected chi connectivity index (χ4v) is 2.26. The molecular weight excluding hydrogens is 301 g/mol. The summed E-state index contributed by atoms with van der Waals surface area (Å²) >= 11 is 0. The molecule has 0 aliphatic rings. The maximum atomic E-state index is 13.2. The molecule has 122 valence electrons. The van der Waals surface area contributed by atoms with Gasteiger partial charge in [-0.3, -0.25) is 4.79 Å². The minimum atomic E-state index is -1.22. The summed E-state index contributed by atoms with van der Waals surface area (Å²) in [5.41, 5.74) is 0.796. The molecule has 0 unspecified atom stereocenters. The van der Waals surface area contributed by atoms with Gasteiger partial charge in [-0.1, -0.05) is 19.1 Å². The summed E-state index contributed by atoms with van der Waals surface area (Å²) in [6, 6.07) is 8.84. The van der Waals surface area contributed by atoms with Gasteiger partial charge in [0.15, 0.2) is 5.76 Å². The number of halogens is 1. The van der Waals surface area contributed by atoms with Crippen molar-refractivity contribution in [1.29, 1.82) is 0 Å². The Morgan fingerprint density at radius 2 is 1.91 bits per heavy atom. The molecule has 0 radical (unpaired) electrons. The first-order valence-electron chi connectivity index (χ1n) is 7.38. The van der Waals surface area contributed by atoms with Gasteiger partial charge in [-0.2, -0.15) is 0 Å². The highest BCUT2D eigenvalue weighted by Crippen LogP contribution is 2.13. The summed E-state index contributed by atoms with van der Waals surface area (Å²) in [4.78, 5) is 24.8.